The van der Waals surface area contributed by atoms with Gasteiger partial charge >= 0.3 is 0 Å². The molecule has 1 fully saturated rings. The number of rotatable bonds is 4. The second-order valence-corrected chi connectivity index (χ2v) is 6.43. The van der Waals surface area contributed by atoms with Gasteiger partial charge in [-0.05, 0) is 31.0 Å². The first kappa shape index (κ1) is 17.0. The summed E-state index contributed by atoms with van der Waals surface area (Å²) in [5, 5.41) is 10.3. The summed E-state index contributed by atoms with van der Waals surface area (Å²) in [7, 11) is 0. The van der Waals surface area contributed by atoms with Crippen LogP contribution in [0.1, 0.15) is 31.2 Å². The molecule has 0 radical (unpaired) electrons. The van der Waals surface area contributed by atoms with E-state index in [0.717, 1.165) is 12.8 Å². The second-order valence-electron chi connectivity index (χ2n) is 5.59. The van der Waals surface area contributed by atoms with Gasteiger partial charge in [0.1, 0.15) is 5.75 Å². The summed E-state index contributed by atoms with van der Waals surface area (Å²) in [4.78, 5) is 8.77. The molecule has 3 rings (SSSR count). The maximum atomic E-state index is 9.34. The minimum absolute atomic E-state index is 0.251. The van der Waals surface area contributed by atoms with Gasteiger partial charge < -0.3 is 4.74 Å². The molecule has 0 unspecified atom stereocenters. The van der Waals surface area contributed by atoms with Crippen molar-refractivity contribution in [3.05, 3.63) is 52.1 Å². The highest BCUT2D eigenvalue weighted by Gasteiger charge is 2.15. The van der Waals surface area contributed by atoms with Crippen LogP contribution in [0.3, 0.4) is 0 Å². The molecule has 126 valence electrons. The Morgan fingerprint density at radius 1 is 1.21 bits per heavy atom. The standard InChI is InChI=1S/C17H17Cl2N3O2/c18-12-6-7-14(19)15(9-12)24-16-8-5-11(10-20-16)17(22-23)21-13-3-1-2-4-13/h5-10,13,23H,1-4H2,(H,21,22). The van der Waals surface area contributed by atoms with Gasteiger partial charge in [-0.2, -0.15) is 0 Å². The first-order valence-corrected chi connectivity index (χ1v) is 8.48. The number of ether oxygens (including phenoxy) is 1. The fraction of sp³-hybridized carbons (Fsp3) is 0.294. The highest BCUT2D eigenvalue weighted by molar-refractivity contribution is 6.34. The van der Waals surface area contributed by atoms with Crippen LogP contribution in [-0.2, 0) is 0 Å². The predicted octanol–water partition coefficient (Wildman–Crippen LogP) is 4.85. The van der Waals surface area contributed by atoms with Crippen LogP contribution in [0, 0.1) is 0 Å². The summed E-state index contributed by atoms with van der Waals surface area (Å²) in [5.41, 5.74) is 2.85. The van der Waals surface area contributed by atoms with Crippen molar-refractivity contribution in [2.75, 3.05) is 0 Å². The van der Waals surface area contributed by atoms with Gasteiger partial charge in [0, 0.05) is 28.9 Å². The Bertz CT molecular complexity index is 729. The summed E-state index contributed by atoms with van der Waals surface area (Å²) >= 11 is 12.0. The zero-order valence-electron chi connectivity index (χ0n) is 12.9. The van der Waals surface area contributed by atoms with Gasteiger partial charge in [-0.25, -0.2) is 4.98 Å². The molecule has 1 aliphatic carbocycles. The molecule has 1 aromatic carbocycles. The Morgan fingerprint density at radius 2 is 2.00 bits per heavy atom. The van der Waals surface area contributed by atoms with Crippen LogP contribution in [0.5, 0.6) is 11.6 Å². The van der Waals surface area contributed by atoms with Crippen molar-refractivity contribution >= 4 is 29.0 Å². The summed E-state index contributed by atoms with van der Waals surface area (Å²) in [6, 6.07) is 8.69. The Labute approximate surface area is 150 Å². The molecular formula is C17H17Cl2N3O2. The fourth-order valence-electron chi connectivity index (χ4n) is 2.63. The van der Waals surface area contributed by atoms with Gasteiger partial charge in [0.2, 0.25) is 5.88 Å². The number of hydroxylamine groups is 1. The molecule has 5 nitrogen and oxygen atoms in total. The van der Waals surface area contributed by atoms with Gasteiger partial charge in [0.15, 0.2) is 5.84 Å². The first-order valence-electron chi connectivity index (χ1n) is 7.73. The predicted molar refractivity (Wildman–Crippen MR) is 94.5 cm³/mol. The summed E-state index contributed by atoms with van der Waals surface area (Å²) in [6.07, 6.45) is 6.04. The third kappa shape index (κ3) is 4.17. The Balaban J connectivity index is 1.75. The zero-order chi connectivity index (χ0) is 16.9. The quantitative estimate of drug-likeness (QED) is 0.461. The van der Waals surface area contributed by atoms with E-state index in [0.29, 0.717) is 33.1 Å². The van der Waals surface area contributed by atoms with E-state index in [-0.39, 0.29) is 6.04 Å². The normalized spacial score (nSPS) is 15.5. The summed E-state index contributed by atoms with van der Waals surface area (Å²) < 4.78 is 5.64. The van der Waals surface area contributed by atoms with Crippen LogP contribution >= 0.6 is 23.2 Å². The molecule has 2 N–H and O–H groups in total. The molecule has 7 heteroatoms. The molecule has 1 heterocycles. The van der Waals surface area contributed by atoms with Crippen LogP contribution in [0.15, 0.2) is 41.5 Å². The van der Waals surface area contributed by atoms with E-state index in [1.807, 2.05) is 0 Å². The monoisotopic (exact) mass is 365 g/mol. The molecule has 0 aliphatic heterocycles. The topological polar surface area (TPSA) is 66.7 Å². The lowest BCUT2D eigenvalue weighted by Gasteiger charge is -2.10. The maximum Gasteiger partial charge on any atom is 0.219 e. The number of halogens is 2. The number of pyridine rings is 1. The van der Waals surface area contributed by atoms with Crippen LogP contribution in [0.4, 0.5) is 0 Å². The van der Waals surface area contributed by atoms with Crippen LogP contribution in [0.2, 0.25) is 10.0 Å². The van der Waals surface area contributed by atoms with Crippen molar-refractivity contribution in [3.8, 4) is 11.6 Å². The van der Waals surface area contributed by atoms with E-state index >= 15 is 0 Å². The van der Waals surface area contributed by atoms with Gasteiger partial charge in [0.25, 0.3) is 0 Å². The number of aromatic nitrogens is 1. The third-order valence-electron chi connectivity index (χ3n) is 3.86. The highest BCUT2D eigenvalue weighted by Crippen LogP contribution is 2.31. The Kier molecular flexibility index (Phi) is 5.56. The molecule has 24 heavy (non-hydrogen) atoms. The number of aliphatic imine (C=N–C) groups is 1. The second kappa shape index (κ2) is 7.83. The van der Waals surface area contributed by atoms with E-state index in [1.165, 1.54) is 12.8 Å². The lowest BCUT2D eigenvalue weighted by atomic mass is 10.2. The average Bonchev–Trinajstić information content (AvgIpc) is 3.10. The van der Waals surface area contributed by atoms with Crippen molar-refractivity contribution in [1.29, 1.82) is 0 Å². The molecule has 1 aromatic heterocycles. The fourth-order valence-corrected chi connectivity index (χ4v) is 2.95. The molecule has 1 saturated carbocycles. The number of hydrogen-bond acceptors (Lipinski definition) is 4. The van der Waals surface area contributed by atoms with Crippen molar-refractivity contribution in [3.63, 3.8) is 0 Å². The number of hydrogen-bond donors (Lipinski definition) is 2. The molecular weight excluding hydrogens is 349 g/mol. The maximum absolute atomic E-state index is 9.34. The van der Waals surface area contributed by atoms with Crippen molar-refractivity contribution in [1.82, 2.24) is 10.5 Å². The minimum Gasteiger partial charge on any atom is -0.437 e. The van der Waals surface area contributed by atoms with Gasteiger partial charge in [-0.15, -0.1) is 0 Å². The van der Waals surface area contributed by atoms with Crippen LogP contribution < -0.4 is 10.2 Å². The molecule has 1 aliphatic rings. The minimum atomic E-state index is 0.251. The average molecular weight is 366 g/mol. The van der Waals surface area contributed by atoms with Gasteiger partial charge in [-0.3, -0.25) is 15.7 Å². The third-order valence-corrected chi connectivity index (χ3v) is 4.41. The van der Waals surface area contributed by atoms with E-state index in [4.69, 9.17) is 27.9 Å². The smallest absolute Gasteiger partial charge is 0.219 e. The zero-order valence-corrected chi connectivity index (χ0v) is 14.4. The Morgan fingerprint density at radius 3 is 2.67 bits per heavy atom. The van der Waals surface area contributed by atoms with Crippen molar-refractivity contribution in [2.45, 2.75) is 31.7 Å². The molecule has 0 bridgehead atoms. The number of nitrogens with one attached hydrogen (secondary N) is 1. The summed E-state index contributed by atoms with van der Waals surface area (Å²) in [5.74, 6) is 1.23. The van der Waals surface area contributed by atoms with Gasteiger partial charge in [-0.1, -0.05) is 36.0 Å². The molecule has 2 aromatic rings. The Hall–Kier alpha value is -1.82. The van der Waals surface area contributed by atoms with E-state index < -0.39 is 0 Å². The first-order chi connectivity index (χ1) is 11.7. The van der Waals surface area contributed by atoms with Gasteiger partial charge in [0.05, 0.1) is 11.1 Å². The van der Waals surface area contributed by atoms with Crippen LogP contribution in [-0.4, -0.2) is 22.1 Å². The van der Waals surface area contributed by atoms with E-state index in [1.54, 1.807) is 36.5 Å². The number of benzene rings is 1. The SMILES string of the molecule is ONC(=NC1CCCC1)c1ccc(Oc2cc(Cl)ccc2Cl)nc1. The highest BCUT2D eigenvalue weighted by atomic mass is 35.5. The van der Waals surface area contributed by atoms with E-state index in [2.05, 4.69) is 15.5 Å². The molecule has 0 spiro atoms. The van der Waals surface area contributed by atoms with Crippen LogP contribution in [0.25, 0.3) is 0 Å². The summed E-state index contributed by atoms with van der Waals surface area (Å²) in [6.45, 7) is 0. The molecule has 0 amide bonds. The largest absolute Gasteiger partial charge is 0.437 e. The van der Waals surface area contributed by atoms with Crippen molar-refractivity contribution in [2.24, 2.45) is 4.99 Å². The number of amidine groups is 1. The molecule has 0 saturated heterocycles. The van der Waals surface area contributed by atoms with E-state index in [9.17, 15) is 5.21 Å². The number of nitrogens with zero attached hydrogens (tertiary/aromatic N) is 2. The van der Waals surface area contributed by atoms with Crippen molar-refractivity contribution < 1.29 is 9.94 Å². The lowest BCUT2D eigenvalue weighted by Crippen LogP contribution is -2.22. The lowest BCUT2D eigenvalue weighted by molar-refractivity contribution is 0.234. The molecule has 0 atom stereocenters.